The molecule has 0 aromatic heterocycles. The summed E-state index contributed by atoms with van der Waals surface area (Å²) in [6.45, 7) is -0.124. The summed E-state index contributed by atoms with van der Waals surface area (Å²) in [6.07, 6.45) is -2.07. The molecule has 0 unspecified atom stereocenters. The Morgan fingerprint density at radius 1 is 1.24 bits per heavy atom. The molecule has 5 N–H and O–H groups in total. The minimum absolute atomic E-state index is 0.152. The molecule has 2 rings (SSSR count). The van der Waals surface area contributed by atoms with Crippen LogP contribution in [0, 0.1) is 0 Å². The van der Waals surface area contributed by atoms with Crippen molar-refractivity contribution in [1.29, 1.82) is 0 Å². The largest absolute Gasteiger partial charge is 0.497 e. The molecule has 1 amide bonds. The van der Waals surface area contributed by atoms with Gasteiger partial charge in [0.1, 0.15) is 5.75 Å². The fourth-order valence-corrected chi connectivity index (χ4v) is 2.34. The minimum Gasteiger partial charge on any atom is -0.497 e. The van der Waals surface area contributed by atoms with Crippen molar-refractivity contribution in [2.75, 3.05) is 20.3 Å². The zero-order valence-corrected chi connectivity index (χ0v) is 11.7. The van der Waals surface area contributed by atoms with Gasteiger partial charge in [0.15, 0.2) is 0 Å². The molecule has 116 valence electrons. The summed E-state index contributed by atoms with van der Waals surface area (Å²) < 4.78 is 5.01. The molecule has 0 bridgehead atoms. The SMILES string of the molecule is COc1ccc(C(=O)NC[C@@H]2N[C@H](CO)[C@H](O)[C@@H]2O)cc1. The third kappa shape index (κ3) is 3.51. The Labute approximate surface area is 122 Å². The summed E-state index contributed by atoms with van der Waals surface area (Å²) >= 11 is 0. The lowest BCUT2D eigenvalue weighted by Crippen LogP contribution is -2.44. The number of carbonyl (C=O) groups excluding carboxylic acids is 1. The van der Waals surface area contributed by atoms with Crippen LogP contribution in [0.5, 0.6) is 5.75 Å². The average molecular weight is 296 g/mol. The third-order valence-corrected chi connectivity index (χ3v) is 3.63. The van der Waals surface area contributed by atoms with Crippen molar-refractivity contribution in [1.82, 2.24) is 10.6 Å². The molecule has 1 fully saturated rings. The number of ether oxygens (including phenoxy) is 1. The van der Waals surface area contributed by atoms with E-state index in [0.717, 1.165) is 0 Å². The summed E-state index contributed by atoms with van der Waals surface area (Å²) in [5.41, 5.74) is 0.475. The van der Waals surface area contributed by atoms with Crippen LogP contribution in [0.1, 0.15) is 10.4 Å². The van der Waals surface area contributed by atoms with Crippen LogP contribution in [0.2, 0.25) is 0 Å². The van der Waals surface area contributed by atoms with Gasteiger partial charge in [0.25, 0.3) is 5.91 Å². The molecule has 7 nitrogen and oxygen atoms in total. The second-order valence-corrected chi connectivity index (χ2v) is 4.98. The first kappa shape index (κ1) is 15.7. The highest BCUT2D eigenvalue weighted by Gasteiger charge is 2.40. The second kappa shape index (κ2) is 6.86. The number of hydrogen-bond acceptors (Lipinski definition) is 6. The molecule has 1 aromatic rings. The van der Waals surface area contributed by atoms with E-state index in [1.807, 2.05) is 0 Å². The maximum absolute atomic E-state index is 12.0. The Morgan fingerprint density at radius 3 is 2.38 bits per heavy atom. The summed E-state index contributed by atoms with van der Waals surface area (Å²) in [5.74, 6) is 0.377. The van der Waals surface area contributed by atoms with E-state index in [1.54, 1.807) is 31.4 Å². The molecule has 1 heterocycles. The first-order valence-corrected chi connectivity index (χ1v) is 6.72. The molecule has 0 radical (unpaired) electrons. The van der Waals surface area contributed by atoms with E-state index in [0.29, 0.717) is 11.3 Å². The van der Waals surface area contributed by atoms with Crippen LogP contribution < -0.4 is 15.4 Å². The fourth-order valence-electron chi connectivity index (χ4n) is 2.34. The number of aliphatic hydroxyl groups excluding tert-OH is 3. The number of aliphatic hydroxyl groups is 3. The zero-order chi connectivity index (χ0) is 15.4. The average Bonchev–Trinajstić information content (AvgIpc) is 2.80. The number of carbonyl (C=O) groups is 1. The highest BCUT2D eigenvalue weighted by molar-refractivity contribution is 5.94. The van der Waals surface area contributed by atoms with Crippen LogP contribution in [-0.4, -0.2) is 65.8 Å². The van der Waals surface area contributed by atoms with Gasteiger partial charge in [-0.3, -0.25) is 4.79 Å². The van der Waals surface area contributed by atoms with Crippen molar-refractivity contribution < 1.29 is 24.9 Å². The number of nitrogens with one attached hydrogen (secondary N) is 2. The Balaban J connectivity index is 1.89. The first-order chi connectivity index (χ1) is 10.1. The Hall–Kier alpha value is -1.67. The van der Waals surface area contributed by atoms with Gasteiger partial charge in [-0.1, -0.05) is 0 Å². The van der Waals surface area contributed by atoms with Gasteiger partial charge in [-0.05, 0) is 24.3 Å². The molecule has 0 aliphatic carbocycles. The van der Waals surface area contributed by atoms with Gasteiger partial charge >= 0.3 is 0 Å². The van der Waals surface area contributed by atoms with Gasteiger partial charge in [0.2, 0.25) is 0 Å². The van der Waals surface area contributed by atoms with Gasteiger partial charge in [-0.2, -0.15) is 0 Å². The van der Waals surface area contributed by atoms with Crippen LogP contribution in [0.4, 0.5) is 0 Å². The fraction of sp³-hybridized carbons (Fsp3) is 0.500. The molecule has 4 atom stereocenters. The highest BCUT2D eigenvalue weighted by atomic mass is 16.5. The molecule has 1 saturated heterocycles. The minimum atomic E-state index is -1.04. The van der Waals surface area contributed by atoms with E-state index in [9.17, 15) is 15.0 Å². The van der Waals surface area contributed by atoms with E-state index < -0.39 is 24.3 Å². The summed E-state index contributed by atoms with van der Waals surface area (Å²) in [7, 11) is 1.55. The molecule has 0 spiro atoms. The quantitative estimate of drug-likeness (QED) is 0.451. The molecule has 7 heteroatoms. The van der Waals surface area contributed by atoms with Crippen molar-refractivity contribution in [3.8, 4) is 5.75 Å². The van der Waals surface area contributed by atoms with E-state index in [2.05, 4.69) is 10.6 Å². The Kier molecular flexibility index (Phi) is 5.13. The van der Waals surface area contributed by atoms with E-state index in [1.165, 1.54) is 0 Å². The van der Waals surface area contributed by atoms with Gasteiger partial charge in [0.05, 0.1) is 38.0 Å². The molecule has 0 saturated carbocycles. The number of rotatable bonds is 5. The standard InChI is InChI=1S/C14H20N2O5/c1-21-9-4-2-8(3-5-9)14(20)15-6-10-12(18)13(19)11(7-17)16-10/h2-5,10-13,16-19H,6-7H2,1H3,(H,15,20)/t10-,11+,12+,13-/m0/s1. The maximum Gasteiger partial charge on any atom is 0.251 e. The Bertz CT molecular complexity index is 479. The van der Waals surface area contributed by atoms with Gasteiger partial charge in [-0.25, -0.2) is 0 Å². The smallest absolute Gasteiger partial charge is 0.251 e. The lowest BCUT2D eigenvalue weighted by molar-refractivity contribution is 0.0197. The van der Waals surface area contributed by atoms with Crippen molar-refractivity contribution in [3.05, 3.63) is 29.8 Å². The normalized spacial score (nSPS) is 28.4. The van der Waals surface area contributed by atoms with Gasteiger partial charge in [0, 0.05) is 12.1 Å². The van der Waals surface area contributed by atoms with Crippen LogP contribution in [-0.2, 0) is 0 Å². The molecule has 21 heavy (non-hydrogen) atoms. The predicted octanol–water partition coefficient (Wildman–Crippen LogP) is -1.52. The number of benzene rings is 1. The lowest BCUT2D eigenvalue weighted by Gasteiger charge is -2.16. The van der Waals surface area contributed by atoms with Crippen molar-refractivity contribution in [2.24, 2.45) is 0 Å². The summed E-state index contributed by atoms with van der Waals surface area (Å²) in [5, 5.41) is 34.1. The van der Waals surface area contributed by atoms with Crippen molar-refractivity contribution >= 4 is 5.91 Å². The monoisotopic (exact) mass is 296 g/mol. The summed E-state index contributed by atoms with van der Waals surface area (Å²) in [6, 6.07) is 5.56. The third-order valence-electron chi connectivity index (χ3n) is 3.63. The lowest BCUT2D eigenvalue weighted by atomic mass is 10.1. The molecular weight excluding hydrogens is 276 g/mol. The Morgan fingerprint density at radius 2 is 1.86 bits per heavy atom. The van der Waals surface area contributed by atoms with Crippen molar-refractivity contribution in [3.63, 3.8) is 0 Å². The van der Waals surface area contributed by atoms with Gasteiger partial charge < -0.3 is 30.7 Å². The van der Waals surface area contributed by atoms with E-state index in [-0.39, 0.29) is 19.1 Å². The predicted molar refractivity (Wildman–Crippen MR) is 75.1 cm³/mol. The van der Waals surface area contributed by atoms with E-state index in [4.69, 9.17) is 9.84 Å². The summed E-state index contributed by atoms with van der Waals surface area (Å²) in [4.78, 5) is 12.0. The second-order valence-electron chi connectivity index (χ2n) is 4.98. The number of methoxy groups -OCH3 is 1. The zero-order valence-electron chi connectivity index (χ0n) is 11.7. The maximum atomic E-state index is 12.0. The van der Waals surface area contributed by atoms with Gasteiger partial charge in [-0.15, -0.1) is 0 Å². The van der Waals surface area contributed by atoms with Crippen LogP contribution in [0.15, 0.2) is 24.3 Å². The van der Waals surface area contributed by atoms with Crippen LogP contribution >= 0.6 is 0 Å². The van der Waals surface area contributed by atoms with Crippen LogP contribution in [0.25, 0.3) is 0 Å². The number of amides is 1. The number of hydrogen-bond donors (Lipinski definition) is 5. The van der Waals surface area contributed by atoms with Crippen molar-refractivity contribution in [2.45, 2.75) is 24.3 Å². The highest BCUT2D eigenvalue weighted by Crippen LogP contribution is 2.14. The first-order valence-electron chi connectivity index (χ1n) is 6.72. The molecular formula is C14H20N2O5. The van der Waals surface area contributed by atoms with E-state index >= 15 is 0 Å². The molecule has 1 aromatic carbocycles. The van der Waals surface area contributed by atoms with Crippen LogP contribution in [0.3, 0.4) is 0 Å². The molecule has 1 aliphatic rings. The topological polar surface area (TPSA) is 111 Å². The molecule has 1 aliphatic heterocycles.